The van der Waals surface area contributed by atoms with E-state index in [0.29, 0.717) is 18.4 Å². The number of rotatable bonds is 1. The molecule has 5 aliphatic carbocycles. The Balaban J connectivity index is 1.48. The van der Waals surface area contributed by atoms with Gasteiger partial charge in [-0.1, -0.05) is 46.3 Å². The van der Waals surface area contributed by atoms with Gasteiger partial charge >= 0.3 is 0 Å². The Kier molecular flexibility index (Phi) is 4.09. The monoisotopic (exact) mass is 486 g/mol. The number of allylic oxidation sites excluding steroid dienone is 1. The van der Waals surface area contributed by atoms with Crippen molar-refractivity contribution in [2.24, 2.45) is 44.8 Å². The van der Waals surface area contributed by atoms with Crippen LogP contribution in [0.5, 0.6) is 0 Å². The Hall–Kier alpha value is -0.460. The van der Waals surface area contributed by atoms with Gasteiger partial charge in [0.2, 0.25) is 5.79 Å². The summed E-state index contributed by atoms with van der Waals surface area (Å²) in [5, 5.41) is 36.0. The van der Waals surface area contributed by atoms with Crippen LogP contribution in [0.2, 0.25) is 0 Å². The highest BCUT2D eigenvalue weighted by Crippen LogP contribution is 2.90. The second-order valence-electron chi connectivity index (χ2n) is 15.4. The lowest BCUT2D eigenvalue weighted by Crippen LogP contribution is -2.72. The van der Waals surface area contributed by atoms with Crippen molar-refractivity contribution >= 4 is 0 Å². The van der Waals surface area contributed by atoms with Crippen LogP contribution >= 0.6 is 0 Å². The molecular formula is C30H46O5. The Bertz CT molecular complexity index is 1030. The molecule has 3 N–H and O–H groups in total. The van der Waals surface area contributed by atoms with Gasteiger partial charge in [-0.3, -0.25) is 0 Å². The molecule has 2 heterocycles. The van der Waals surface area contributed by atoms with Gasteiger partial charge in [-0.2, -0.15) is 0 Å². The molecule has 7 aliphatic rings. The standard InChI is InChI=1S/C30H46O5/c1-17-14-18-15-34-29(35-18)22(17)25(6)12-13-28-16-27(28)11-10-21(31)23(2,3)19(27)8-9-20(28)26(25,7)30(29,33)24(4,5)32/h9,17-19,21-22,31-33H,8,10-16H2,1-7H3. The molecule has 0 aromatic carbocycles. The van der Waals surface area contributed by atoms with E-state index >= 15 is 0 Å². The van der Waals surface area contributed by atoms with Crippen molar-refractivity contribution in [3.8, 4) is 0 Å². The number of hydrogen-bond donors (Lipinski definition) is 3. The van der Waals surface area contributed by atoms with Gasteiger partial charge in [-0.25, -0.2) is 0 Å². The zero-order chi connectivity index (χ0) is 25.2. The molecule has 2 aliphatic heterocycles. The molecule has 5 nitrogen and oxygen atoms in total. The summed E-state index contributed by atoms with van der Waals surface area (Å²) in [7, 11) is 0. The summed E-state index contributed by atoms with van der Waals surface area (Å²) in [6, 6.07) is 0. The van der Waals surface area contributed by atoms with Crippen molar-refractivity contribution in [3.05, 3.63) is 11.6 Å². The van der Waals surface area contributed by atoms with E-state index in [9.17, 15) is 15.3 Å². The number of hydrogen-bond acceptors (Lipinski definition) is 5. The van der Waals surface area contributed by atoms with E-state index in [-0.39, 0.29) is 39.8 Å². The molecule has 0 aromatic heterocycles. The lowest BCUT2D eigenvalue weighted by molar-refractivity contribution is -0.350. The van der Waals surface area contributed by atoms with Gasteiger partial charge in [0.25, 0.3) is 0 Å². The third-order valence-electron chi connectivity index (χ3n) is 13.8. The van der Waals surface area contributed by atoms with Crippen molar-refractivity contribution in [1.29, 1.82) is 0 Å². The molecule has 0 aromatic rings. The first-order chi connectivity index (χ1) is 16.1. The summed E-state index contributed by atoms with van der Waals surface area (Å²) in [5.41, 5.74) is -2.41. The zero-order valence-corrected chi connectivity index (χ0v) is 22.8. The average Bonchev–Trinajstić information content (AvgIpc) is 3.26. The van der Waals surface area contributed by atoms with E-state index in [1.54, 1.807) is 13.8 Å². The third-order valence-corrected chi connectivity index (χ3v) is 13.8. The molecule has 11 unspecified atom stereocenters. The van der Waals surface area contributed by atoms with Gasteiger partial charge in [-0.15, -0.1) is 0 Å². The zero-order valence-electron chi connectivity index (χ0n) is 22.8. The van der Waals surface area contributed by atoms with Gasteiger partial charge in [0, 0.05) is 11.3 Å². The number of fused-ring (bicyclic) bond motifs is 4. The summed E-state index contributed by atoms with van der Waals surface area (Å²) >= 11 is 0. The summed E-state index contributed by atoms with van der Waals surface area (Å²) in [6.45, 7) is 15.5. The Morgan fingerprint density at radius 1 is 1.09 bits per heavy atom. The van der Waals surface area contributed by atoms with Crippen LogP contribution in [0.3, 0.4) is 0 Å². The second-order valence-corrected chi connectivity index (χ2v) is 15.4. The Labute approximate surface area is 210 Å². The summed E-state index contributed by atoms with van der Waals surface area (Å²) < 4.78 is 13.3. The highest BCUT2D eigenvalue weighted by molar-refractivity contribution is 5.51. The van der Waals surface area contributed by atoms with Crippen LogP contribution in [-0.2, 0) is 9.47 Å². The minimum atomic E-state index is -1.57. The molecular weight excluding hydrogens is 440 g/mol. The van der Waals surface area contributed by atoms with E-state index in [1.807, 2.05) is 0 Å². The van der Waals surface area contributed by atoms with Gasteiger partial charge < -0.3 is 24.8 Å². The first-order valence-electron chi connectivity index (χ1n) is 14.2. The molecule has 7 rings (SSSR count). The van der Waals surface area contributed by atoms with Gasteiger partial charge in [-0.05, 0) is 92.3 Å². The Morgan fingerprint density at radius 3 is 2.49 bits per heavy atom. The summed E-state index contributed by atoms with van der Waals surface area (Å²) in [6.07, 6.45) is 9.27. The predicted octanol–water partition coefficient (Wildman–Crippen LogP) is 4.58. The van der Waals surface area contributed by atoms with E-state index in [4.69, 9.17) is 9.47 Å². The molecule has 0 amide bonds. The Morgan fingerprint density at radius 2 is 1.80 bits per heavy atom. The van der Waals surface area contributed by atoms with Crippen molar-refractivity contribution < 1.29 is 24.8 Å². The summed E-state index contributed by atoms with van der Waals surface area (Å²) in [4.78, 5) is 0. The average molecular weight is 487 g/mol. The van der Waals surface area contributed by atoms with Crippen molar-refractivity contribution in [1.82, 2.24) is 0 Å². The number of aliphatic hydroxyl groups excluding tert-OH is 1. The maximum Gasteiger partial charge on any atom is 0.205 e. The third kappa shape index (κ3) is 2.05. The lowest BCUT2D eigenvalue weighted by Gasteiger charge is -2.63. The molecule has 0 radical (unpaired) electrons. The van der Waals surface area contributed by atoms with Crippen LogP contribution in [0.15, 0.2) is 11.6 Å². The van der Waals surface area contributed by atoms with Crippen LogP contribution in [0.25, 0.3) is 0 Å². The van der Waals surface area contributed by atoms with E-state index < -0.39 is 22.4 Å². The molecule has 2 saturated heterocycles. The van der Waals surface area contributed by atoms with E-state index in [1.165, 1.54) is 5.57 Å². The van der Waals surface area contributed by atoms with Crippen LogP contribution in [0.4, 0.5) is 0 Å². The molecule has 196 valence electrons. The molecule has 3 spiro atoms. The topological polar surface area (TPSA) is 79.2 Å². The molecule has 6 fully saturated rings. The number of ether oxygens (including phenoxy) is 2. The minimum absolute atomic E-state index is 0.0190. The highest BCUT2D eigenvalue weighted by Gasteiger charge is 2.91. The molecule has 5 heteroatoms. The first-order valence-corrected chi connectivity index (χ1v) is 14.2. The fraction of sp³-hybridized carbons (Fsp3) is 0.933. The molecule has 11 atom stereocenters. The molecule has 2 bridgehead atoms. The van der Waals surface area contributed by atoms with Gasteiger partial charge in [0.15, 0.2) is 5.60 Å². The maximum atomic E-state index is 13.2. The van der Waals surface area contributed by atoms with Gasteiger partial charge in [0.1, 0.15) is 0 Å². The van der Waals surface area contributed by atoms with Gasteiger partial charge in [0.05, 0.1) is 24.4 Å². The lowest BCUT2D eigenvalue weighted by atomic mass is 9.42. The van der Waals surface area contributed by atoms with Crippen LogP contribution in [0, 0.1) is 44.8 Å². The smallest absolute Gasteiger partial charge is 0.205 e. The van der Waals surface area contributed by atoms with Crippen molar-refractivity contribution in [2.45, 2.75) is 123 Å². The minimum Gasteiger partial charge on any atom is -0.393 e. The van der Waals surface area contributed by atoms with Crippen LogP contribution in [0.1, 0.15) is 93.4 Å². The fourth-order valence-corrected chi connectivity index (χ4v) is 12.3. The molecule has 35 heavy (non-hydrogen) atoms. The summed E-state index contributed by atoms with van der Waals surface area (Å²) in [5.74, 6) is -0.371. The number of aliphatic hydroxyl groups is 3. The predicted molar refractivity (Wildman–Crippen MR) is 132 cm³/mol. The van der Waals surface area contributed by atoms with Crippen molar-refractivity contribution in [3.63, 3.8) is 0 Å². The fourth-order valence-electron chi connectivity index (χ4n) is 12.3. The van der Waals surface area contributed by atoms with Crippen LogP contribution < -0.4 is 0 Å². The normalized spacial score (nSPS) is 61.7. The SMILES string of the molecule is CC1CC2COC3(O2)C1C1(C)CCC24CC25CCC(O)C(C)(C)C5CC=C4C1(C)C3(O)C(C)(C)O. The highest BCUT2D eigenvalue weighted by atomic mass is 16.8. The first kappa shape index (κ1) is 23.6. The largest absolute Gasteiger partial charge is 0.393 e. The maximum absolute atomic E-state index is 13.2. The molecule has 4 saturated carbocycles. The van der Waals surface area contributed by atoms with E-state index in [0.717, 1.165) is 44.9 Å². The quantitative estimate of drug-likeness (QED) is 0.473. The van der Waals surface area contributed by atoms with E-state index in [2.05, 4.69) is 40.7 Å². The van der Waals surface area contributed by atoms with Crippen molar-refractivity contribution in [2.75, 3.05) is 6.61 Å². The second kappa shape index (κ2) is 6.06. The van der Waals surface area contributed by atoms with Crippen LogP contribution in [-0.4, -0.2) is 51.1 Å².